The quantitative estimate of drug-likeness (QED) is 0.815. The number of nitrogens with one attached hydrogen (secondary N) is 1. The summed E-state index contributed by atoms with van der Waals surface area (Å²) in [5.74, 6) is -0.965. The largest absolute Gasteiger partial charge is 0.368 e. The fraction of sp³-hybridized carbons (Fsp3) is 0.263. The lowest BCUT2D eigenvalue weighted by atomic mass is 10.0. The number of benzene rings is 2. The van der Waals surface area contributed by atoms with Crippen molar-refractivity contribution in [1.29, 1.82) is 0 Å². The molecule has 0 saturated heterocycles. The number of aryl methyl sites for hydroxylation is 1. The van der Waals surface area contributed by atoms with Gasteiger partial charge in [0, 0.05) is 13.5 Å². The van der Waals surface area contributed by atoms with Crippen LogP contribution < -0.4 is 11.1 Å². The molecule has 0 radical (unpaired) electrons. The predicted molar refractivity (Wildman–Crippen MR) is 92.2 cm³/mol. The van der Waals surface area contributed by atoms with Gasteiger partial charge in [-0.05, 0) is 18.1 Å². The molecule has 0 aromatic heterocycles. The van der Waals surface area contributed by atoms with Crippen molar-refractivity contribution in [2.75, 3.05) is 7.11 Å². The Balaban J connectivity index is 2.11. The maximum atomic E-state index is 12.5. The van der Waals surface area contributed by atoms with E-state index in [1.807, 2.05) is 49.4 Å². The summed E-state index contributed by atoms with van der Waals surface area (Å²) >= 11 is 0. The van der Waals surface area contributed by atoms with Crippen LogP contribution in [0.4, 0.5) is 0 Å². The number of hydrogen-bond donors (Lipinski definition) is 2. The Morgan fingerprint density at radius 1 is 1.12 bits per heavy atom. The number of carbonyl (C=O) groups is 2. The van der Waals surface area contributed by atoms with Gasteiger partial charge < -0.3 is 15.8 Å². The van der Waals surface area contributed by atoms with Crippen molar-refractivity contribution in [2.45, 2.75) is 25.5 Å². The third kappa shape index (κ3) is 4.67. The van der Waals surface area contributed by atoms with Crippen molar-refractivity contribution in [3.8, 4) is 0 Å². The Morgan fingerprint density at radius 2 is 1.83 bits per heavy atom. The lowest BCUT2D eigenvalue weighted by molar-refractivity contribution is -0.134. The molecule has 24 heavy (non-hydrogen) atoms. The molecular weight excluding hydrogens is 304 g/mol. The minimum Gasteiger partial charge on any atom is -0.368 e. The van der Waals surface area contributed by atoms with E-state index in [1.165, 1.54) is 7.11 Å². The molecule has 2 atom stereocenters. The summed E-state index contributed by atoms with van der Waals surface area (Å²) in [5.41, 5.74) is 8.20. The van der Waals surface area contributed by atoms with Gasteiger partial charge in [-0.15, -0.1) is 0 Å². The zero-order valence-corrected chi connectivity index (χ0v) is 13.9. The van der Waals surface area contributed by atoms with Gasteiger partial charge >= 0.3 is 0 Å². The molecule has 0 unspecified atom stereocenters. The van der Waals surface area contributed by atoms with Crippen LogP contribution in [0.3, 0.4) is 0 Å². The summed E-state index contributed by atoms with van der Waals surface area (Å²) in [6.45, 7) is 1.97. The third-order valence-electron chi connectivity index (χ3n) is 3.76. The highest BCUT2D eigenvalue weighted by Crippen LogP contribution is 2.17. The standard InChI is InChI=1S/C19H22N2O3/c1-13-7-6-8-14(11-13)12-16(18(20)22)21-19(23)17(24-2)15-9-4-3-5-10-15/h3-11,16-17H,12H2,1-2H3,(H2,20,22)(H,21,23)/t16-,17+/m1/s1. The van der Waals surface area contributed by atoms with E-state index in [0.29, 0.717) is 6.42 Å². The van der Waals surface area contributed by atoms with Gasteiger partial charge in [-0.1, -0.05) is 60.2 Å². The van der Waals surface area contributed by atoms with Crippen molar-refractivity contribution in [3.05, 3.63) is 71.3 Å². The van der Waals surface area contributed by atoms with Crippen LogP contribution in [0.15, 0.2) is 54.6 Å². The number of methoxy groups -OCH3 is 1. The minimum atomic E-state index is -0.791. The van der Waals surface area contributed by atoms with E-state index in [4.69, 9.17) is 10.5 Å². The second-order valence-electron chi connectivity index (χ2n) is 5.68. The van der Waals surface area contributed by atoms with Crippen LogP contribution in [0.1, 0.15) is 22.8 Å². The predicted octanol–water partition coefficient (Wildman–Crippen LogP) is 1.90. The SMILES string of the molecule is CO[C@H](C(=O)N[C@H](Cc1cccc(C)c1)C(N)=O)c1ccccc1. The van der Waals surface area contributed by atoms with Crippen LogP contribution in [0.5, 0.6) is 0 Å². The fourth-order valence-corrected chi connectivity index (χ4v) is 2.57. The fourth-order valence-electron chi connectivity index (χ4n) is 2.57. The number of hydrogen-bond acceptors (Lipinski definition) is 3. The van der Waals surface area contributed by atoms with Gasteiger partial charge in [-0.2, -0.15) is 0 Å². The van der Waals surface area contributed by atoms with E-state index in [2.05, 4.69) is 5.32 Å². The van der Waals surface area contributed by atoms with E-state index in [-0.39, 0.29) is 5.91 Å². The summed E-state index contributed by atoms with van der Waals surface area (Å²) in [6, 6.07) is 16.1. The van der Waals surface area contributed by atoms with Crippen molar-refractivity contribution < 1.29 is 14.3 Å². The minimum absolute atomic E-state index is 0.341. The highest BCUT2D eigenvalue weighted by molar-refractivity contribution is 5.89. The maximum Gasteiger partial charge on any atom is 0.254 e. The van der Waals surface area contributed by atoms with Gasteiger partial charge in [0.05, 0.1) is 0 Å². The number of nitrogens with two attached hydrogens (primary N) is 1. The monoisotopic (exact) mass is 326 g/mol. The first-order chi connectivity index (χ1) is 11.5. The summed E-state index contributed by atoms with van der Waals surface area (Å²) in [5, 5.41) is 2.70. The van der Waals surface area contributed by atoms with Gasteiger partial charge in [0.1, 0.15) is 6.04 Å². The van der Waals surface area contributed by atoms with Gasteiger partial charge in [-0.3, -0.25) is 9.59 Å². The first kappa shape index (κ1) is 17.7. The molecule has 2 aromatic carbocycles. The Morgan fingerprint density at radius 3 is 2.42 bits per heavy atom. The van der Waals surface area contributed by atoms with Gasteiger partial charge in [0.15, 0.2) is 6.10 Å². The molecule has 0 saturated carbocycles. The second-order valence-corrected chi connectivity index (χ2v) is 5.68. The van der Waals surface area contributed by atoms with Crippen LogP contribution in [0.25, 0.3) is 0 Å². The molecule has 3 N–H and O–H groups in total. The van der Waals surface area contributed by atoms with Crippen LogP contribution in [-0.2, 0) is 20.7 Å². The lowest BCUT2D eigenvalue weighted by Crippen LogP contribution is -2.47. The van der Waals surface area contributed by atoms with Gasteiger partial charge in [-0.25, -0.2) is 0 Å². The summed E-state index contributed by atoms with van der Waals surface area (Å²) < 4.78 is 5.28. The number of primary amides is 1. The summed E-state index contributed by atoms with van der Waals surface area (Å²) in [7, 11) is 1.46. The molecule has 0 aliphatic rings. The Bertz CT molecular complexity index is 701. The Labute approximate surface area is 141 Å². The molecule has 2 aromatic rings. The Hall–Kier alpha value is -2.66. The molecule has 0 spiro atoms. The number of rotatable bonds is 7. The van der Waals surface area contributed by atoms with Gasteiger partial charge in [0.2, 0.25) is 5.91 Å². The molecular formula is C19H22N2O3. The normalized spacial score (nSPS) is 13.1. The van der Waals surface area contributed by atoms with E-state index in [1.54, 1.807) is 12.1 Å². The molecule has 0 aliphatic heterocycles. The van der Waals surface area contributed by atoms with Crippen LogP contribution in [-0.4, -0.2) is 25.0 Å². The molecule has 2 amide bonds. The van der Waals surface area contributed by atoms with E-state index >= 15 is 0 Å². The molecule has 2 rings (SSSR count). The second kappa shape index (κ2) is 8.26. The molecule has 126 valence electrons. The molecule has 0 bridgehead atoms. The van der Waals surface area contributed by atoms with Crippen LogP contribution >= 0.6 is 0 Å². The summed E-state index contributed by atoms with van der Waals surface area (Å²) in [6.07, 6.45) is -0.445. The zero-order valence-electron chi connectivity index (χ0n) is 13.9. The Kier molecular flexibility index (Phi) is 6.09. The maximum absolute atomic E-state index is 12.5. The van der Waals surface area contributed by atoms with Crippen LogP contribution in [0, 0.1) is 6.92 Å². The highest BCUT2D eigenvalue weighted by atomic mass is 16.5. The van der Waals surface area contributed by atoms with Crippen molar-refractivity contribution in [1.82, 2.24) is 5.32 Å². The zero-order chi connectivity index (χ0) is 17.5. The van der Waals surface area contributed by atoms with Crippen molar-refractivity contribution in [2.24, 2.45) is 5.73 Å². The molecule has 0 aliphatic carbocycles. The average molecular weight is 326 g/mol. The third-order valence-corrected chi connectivity index (χ3v) is 3.76. The van der Waals surface area contributed by atoms with E-state index in [9.17, 15) is 9.59 Å². The molecule has 5 nitrogen and oxygen atoms in total. The summed E-state index contributed by atoms with van der Waals surface area (Å²) in [4.78, 5) is 24.2. The first-order valence-electron chi connectivity index (χ1n) is 7.74. The van der Waals surface area contributed by atoms with E-state index < -0.39 is 18.1 Å². The number of amides is 2. The van der Waals surface area contributed by atoms with Gasteiger partial charge in [0.25, 0.3) is 5.91 Å². The average Bonchev–Trinajstić information content (AvgIpc) is 2.56. The van der Waals surface area contributed by atoms with Crippen LogP contribution in [0.2, 0.25) is 0 Å². The van der Waals surface area contributed by atoms with Crippen molar-refractivity contribution in [3.63, 3.8) is 0 Å². The first-order valence-corrected chi connectivity index (χ1v) is 7.74. The molecule has 0 heterocycles. The smallest absolute Gasteiger partial charge is 0.254 e. The van der Waals surface area contributed by atoms with E-state index in [0.717, 1.165) is 16.7 Å². The lowest BCUT2D eigenvalue weighted by Gasteiger charge is -2.20. The molecule has 5 heteroatoms. The topological polar surface area (TPSA) is 81.4 Å². The molecule has 0 fully saturated rings. The number of carbonyl (C=O) groups excluding carboxylic acids is 2. The van der Waals surface area contributed by atoms with Crippen molar-refractivity contribution >= 4 is 11.8 Å². The number of ether oxygens (including phenoxy) is 1. The highest BCUT2D eigenvalue weighted by Gasteiger charge is 2.25.